The number of ketones is 2. The van der Waals surface area contributed by atoms with Crippen LogP contribution >= 0.6 is 0 Å². The minimum atomic E-state index is -0.930. The summed E-state index contributed by atoms with van der Waals surface area (Å²) in [6.07, 6.45) is 4.62. The molecule has 2 aliphatic rings. The van der Waals surface area contributed by atoms with E-state index in [1.165, 1.54) is 4.57 Å². The molecule has 6 rings (SSSR count). The maximum absolute atomic E-state index is 13.3. The van der Waals surface area contributed by atoms with Crippen molar-refractivity contribution in [2.45, 2.75) is 51.1 Å². The van der Waals surface area contributed by atoms with E-state index in [1.54, 1.807) is 57.9 Å². The van der Waals surface area contributed by atoms with Crippen LogP contribution in [0, 0.1) is 0 Å². The molecule has 59 heavy (non-hydrogen) atoms. The van der Waals surface area contributed by atoms with Crippen molar-refractivity contribution in [3.63, 3.8) is 0 Å². The summed E-state index contributed by atoms with van der Waals surface area (Å²) in [5.41, 5.74) is 3.25. The molecule has 2 N–H and O–H groups in total. The predicted molar refractivity (Wildman–Crippen MR) is 220 cm³/mol. The number of anilines is 2. The highest BCUT2D eigenvalue weighted by Gasteiger charge is 2.43. The number of pyridine rings is 2. The van der Waals surface area contributed by atoms with Gasteiger partial charge < -0.3 is 39.0 Å². The molecule has 3 heterocycles. The van der Waals surface area contributed by atoms with Crippen LogP contribution in [0.25, 0.3) is 21.9 Å². The molecule has 1 aliphatic carbocycles. The van der Waals surface area contributed by atoms with Crippen molar-refractivity contribution in [3.05, 3.63) is 75.8 Å². The van der Waals surface area contributed by atoms with Gasteiger partial charge in [0.1, 0.15) is 23.1 Å². The number of nitrogens with zero attached hydrogens (tertiary/aromatic N) is 4. The van der Waals surface area contributed by atoms with E-state index >= 15 is 0 Å². The maximum Gasteiger partial charge on any atom is 0.262 e. The van der Waals surface area contributed by atoms with Crippen molar-refractivity contribution in [1.82, 2.24) is 19.4 Å². The Morgan fingerprint density at radius 1 is 0.847 bits per heavy atom. The van der Waals surface area contributed by atoms with Gasteiger partial charge >= 0.3 is 0 Å². The Kier molecular flexibility index (Phi) is 13.9. The number of aromatic nitrogens is 2. The first-order valence-electron chi connectivity index (χ1n) is 19.5. The van der Waals surface area contributed by atoms with Crippen LogP contribution in [0.2, 0.25) is 0 Å². The standard InChI is InChI=1S/C43H50N6O10/c1-47(2)24-34-37(56-4)19-26(20-38(34)57-5)33-25-48(3)41(53)31-22-39(45-23-32(31)33)46-40(52)13-15-58-17-18-59-16-14-44-27-9-11-29-30(21-27)43(55)49(42(29)54)35-12-10-28(50)7-6-8-36(35)51/h9,11,19-23,25,35,44H,6-8,10,12-18,24H2,1-5H3,(H,45,46,52). The molecule has 0 radical (unpaired) electrons. The second-order valence-corrected chi connectivity index (χ2v) is 14.8. The molecule has 0 saturated heterocycles. The summed E-state index contributed by atoms with van der Waals surface area (Å²) < 4.78 is 24.1. The molecule has 1 aliphatic heterocycles. The van der Waals surface area contributed by atoms with Crippen LogP contribution in [0.3, 0.4) is 0 Å². The molecular formula is C43H50N6O10. The van der Waals surface area contributed by atoms with Gasteiger partial charge in [-0.15, -0.1) is 0 Å². The monoisotopic (exact) mass is 810 g/mol. The molecule has 1 unspecified atom stereocenters. The average molecular weight is 811 g/mol. The van der Waals surface area contributed by atoms with Gasteiger partial charge in [0.25, 0.3) is 17.4 Å². The van der Waals surface area contributed by atoms with Crippen LogP contribution < -0.4 is 25.7 Å². The Morgan fingerprint density at radius 2 is 1.56 bits per heavy atom. The van der Waals surface area contributed by atoms with E-state index in [0.29, 0.717) is 60.5 Å². The number of Topliss-reactive ketones (excluding diaryl/α,β-unsaturated/α-hetero) is 2. The first-order valence-corrected chi connectivity index (χ1v) is 19.5. The van der Waals surface area contributed by atoms with Crippen molar-refractivity contribution < 1.29 is 42.9 Å². The Hall–Kier alpha value is -5.97. The summed E-state index contributed by atoms with van der Waals surface area (Å²) in [5.74, 6) is 0.00627. The maximum atomic E-state index is 13.3. The molecule has 1 fully saturated rings. The highest BCUT2D eigenvalue weighted by molar-refractivity contribution is 6.23. The minimum Gasteiger partial charge on any atom is -0.496 e. The van der Waals surface area contributed by atoms with Gasteiger partial charge in [-0.1, -0.05) is 0 Å². The molecule has 1 saturated carbocycles. The third-order valence-corrected chi connectivity index (χ3v) is 10.3. The molecule has 16 heteroatoms. The van der Waals surface area contributed by atoms with Crippen LogP contribution in [0.4, 0.5) is 11.5 Å². The quantitative estimate of drug-likeness (QED) is 0.114. The number of benzene rings is 2. The SMILES string of the molecule is COc1cc(-c2cn(C)c(=O)c3cc(NC(=O)CCOCCOCCNc4ccc5c(c4)C(=O)N(C4CCC(=O)CCCC4=O)C5=O)ncc23)cc(OC)c1CN(C)C. The second kappa shape index (κ2) is 19.2. The van der Waals surface area contributed by atoms with E-state index in [-0.39, 0.29) is 85.5 Å². The highest BCUT2D eigenvalue weighted by Crippen LogP contribution is 2.38. The summed E-state index contributed by atoms with van der Waals surface area (Å²) in [4.78, 5) is 84.6. The zero-order valence-corrected chi connectivity index (χ0v) is 34.1. The number of fused-ring (bicyclic) bond motifs is 2. The molecule has 0 spiro atoms. The van der Waals surface area contributed by atoms with Gasteiger partial charge in [0, 0.05) is 68.4 Å². The number of amides is 3. The predicted octanol–water partition coefficient (Wildman–Crippen LogP) is 4.22. The number of ether oxygens (including phenoxy) is 4. The number of carbonyl (C=O) groups excluding carboxylic acids is 5. The molecule has 0 bridgehead atoms. The summed E-state index contributed by atoms with van der Waals surface area (Å²) in [5, 5.41) is 6.92. The van der Waals surface area contributed by atoms with Crippen LogP contribution in [-0.4, -0.2) is 116 Å². The summed E-state index contributed by atoms with van der Waals surface area (Å²) in [7, 11) is 8.80. The first kappa shape index (κ1) is 42.6. The van der Waals surface area contributed by atoms with E-state index < -0.39 is 17.9 Å². The lowest BCUT2D eigenvalue weighted by atomic mass is 9.94. The third kappa shape index (κ3) is 9.84. The number of methoxy groups -OCH3 is 2. The summed E-state index contributed by atoms with van der Waals surface area (Å²) in [6.45, 7) is 2.01. The van der Waals surface area contributed by atoms with Crippen LogP contribution in [-0.2, 0) is 37.4 Å². The molecular weight excluding hydrogens is 761 g/mol. The zero-order valence-electron chi connectivity index (χ0n) is 34.1. The summed E-state index contributed by atoms with van der Waals surface area (Å²) >= 11 is 0. The van der Waals surface area contributed by atoms with Gasteiger partial charge in [-0.25, -0.2) is 4.98 Å². The van der Waals surface area contributed by atoms with E-state index in [4.69, 9.17) is 18.9 Å². The number of hydrogen-bond donors (Lipinski definition) is 2. The molecule has 3 amide bonds. The lowest BCUT2D eigenvalue weighted by molar-refractivity contribution is -0.126. The van der Waals surface area contributed by atoms with Crippen molar-refractivity contribution in [2.75, 3.05) is 71.9 Å². The Labute approximate surface area is 341 Å². The van der Waals surface area contributed by atoms with E-state index in [2.05, 4.69) is 15.6 Å². The van der Waals surface area contributed by atoms with Crippen LogP contribution in [0.5, 0.6) is 11.5 Å². The van der Waals surface area contributed by atoms with Gasteiger partial charge in [0.2, 0.25) is 5.91 Å². The number of imide groups is 1. The fraction of sp³-hybridized carbons (Fsp3) is 0.419. The fourth-order valence-corrected chi connectivity index (χ4v) is 7.36. The Bertz CT molecular complexity index is 2300. The second-order valence-electron chi connectivity index (χ2n) is 14.8. The number of carbonyl (C=O) groups is 5. The largest absolute Gasteiger partial charge is 0.496 e. The topological polar surface area (TPSA) is 188 Å². The lowest BCUT2D eigenvalue weighted by Gasteiger charge is -2.26. The van der Waals surface area contributed by atoms with Gasteiger partial charge in [0.15, 0.2) is 5.78 Å². The minimum absolute atomic E-state index is 0.0338. The highest BCUT2D eigenvalue weighted by atomic mass is 16.5. The molecule has 2 aromatic heterocycles. The fourth-order valence-electron chi connectivity index (χ4n) is 7.36. The molecule has 1 atom stereocenters. The van der Waals surface area contributed by atoms with Gasteiger partial charge in [-0.05, 0) is 68.9 Å². The van der Waals surface area contributed by atoms with Crippen molar-refractivity contribution in [3.8, 4) is 22.6 Å². The van der Waals surface area contributed by atoms with E-state index in [1.807, 2.05) is 31.1 Å². The van der Waals surface area contributed by atoms with Crippen LogP contribution in [0.15, 0.2) is 53.6 Å². The Morgan fingerprint density at radius 3 is 2.27 bits per heavy atom. The van der Waals surface area contributed by atoms with Crippen LogP contribution in [0.1, 0.15) is 64.8 Å². The summed E-state index contributed by atoms with van der Waals surface area (Å²) in [6, 6.07) is 9.31. The van der Waals surface area contributed by atoms with Gasteiger partial charge in [-0.3, -0.25) is 33.7 Å². The van der Waals surface area contributed by atoms with Crippen molar-refractivity contribution in [1.29, 1.82) is 0 Å². The number of rotatable bonds is 17. The van der Waals surface area contributed by atoms with E-state index in [0.717, 1.165) is 21.6 Å². The van der Waals surface area contributed by atoms with E-state index in [9.17, 15) is 28.8 Å². The number of hydrogen-bond acceptors (Lipinski definition) is 13. The molecule has 312 valence electrons. The van der Waals surface area contributed by atoms with Crippen molar-refractivity contribution in [2.24, 2.45) is 7.05 Å². The average Bonchev–Trinajstić information content (AvgIpc) is 3.45. The van der Waals surface area contributed by atoms with Gasteiger partial charge in [-0.2, -0.15) is 0 Å². The number of nitrogens with one attached hydrogen (secondary N) is 2. The zero-order chi connectivity index (χ0) is 42.2. The third-order valence-electron chi connectivity index (χ3n) is 10.3. The smallest absolute Gasteiger partial charge is 0.262 e. The normalized spacial score (nSPS) is 15.7. The first-order chi connectivity index (χ1) is 28.4. The molecule has 2 aromatic carbocycles. The molecule has 16 nitrogen and oxygen atoms in total. The molecule has 4 aromatic rings. The lowest BCUT2D eigenvalue weighted by Crippen LogP contribution is -2.45. The number of aryl methyl sites for hydroxylation is 1. The Balaban J connectivity index is 0.945. The van der Waals surface area contributed by atoms with Gasteiger partial charge in [0.05, 0.1) is 75.2 Å². The van der Waals surface area contributed by atoms with Crippen molar-refractivity contribution >= 4 is 51.6 Å².